The fourth-order valence-electron chi connectivity index (χ4n) is 1.45. The lowest BCUT2D eigenvalue weighted by Gasteiger charge is -2.16. The van der Waals surface area contributed by atoms with Crippen molar-refractivity contribution in [2.45, 2.75) is 13.8 Å². The SMILES string of the molecule is CC(C)C(CNC(=O)c1ncccc1Br)C(=O)O. The van der Waals surface area contributed by atoms with Crippen LogP contribution in [0, 0.1) is 11.8 Å². The van der Waals surface area contributed by atoms with Crippen molar-refractivity contribution in [1.82, 2.24) is 10.3 Å². The minimum absolute atomic E-state index is 0.0463. The van der Waals surface area contributed by atoms with Crippen LogP contribution in [-0.2, 0) is 4.79 Å². The van der Waals surface area contributed by atoms with E-state index < -0.39 is 11.9 Å². The molecule has 1 atom stereocenters. The van der Waals surface area contributed by atoms with Crippen LogP contribution in [0.15, 0.2) is 22.8 Å². The Hall–Kier alpha value is -1.43. The molecule has 0 aliphatic carbocycles. The van der Waals surface area contributed by atoms with Crippen LogP contribution in [0.5, 0.6) is 0 Å². The number of hydrogen-bond acceptors (Lipinski definition) is 3. The number of carbonyl (C=O) groups is 2. The van der Waals surface area contributed by atoms with Gasteiger partial charge in [-0.2, -0.15) is 0 Å². The molecule has 0 spiro atoms. The second-order valence-corrected chi connectivity index (χ2v) is 5.09. The van der Waals surface area contributed by atoms with Crippen molar-refractivity contribution in [1.29, 1.82) is 0 Å². The Bertz CT molecular complexity index is 449. The molecule has 0 aromatic carbocycles. The molecule has 1 aromatic rings. The van der Waals surface area contributed by atoms with Crippen molar-refractivity contribution < 1.29 is 14.7 Å². The standard InChI is InChI=1S/C12H15BrN2O3/c1-7(2)8(12(17)18)6-15-11(16)10-9(13)4-3-5-14-10/h3-5,7-8H,6H2,1-2H3,(H,15,16)(H,17,18). The first-order valence-corrected chi connectivity index (χ1v) is 6.34. The third kappa shape index (κ3) is 3.80. The fourth-order valence-corrected chi connectivity index (χ4v) is 1.88. The van der Waals surface area contributed by atoms with E-state index in [1.165, 1.54) is 6.20 Å². The molecule has 0 fully saturated rings. The van der Waals surface area contributed by atoms with Crippen molar-refractivity contribution in [3.8, 4) is 0 Å². The fraction of sp³-hybridized carbons (Fsp3) is 0.417. The molecule has 0 radical (unpaired) electrons. The van der Waals surface area contributed by atoms with E-state index in [4.69, 9.17) is 5.11 Å². The highest BCUT2D eigenvalue weighted by atomic mass is 79.9. The molecular formula is C12H15BrN2O3. The summed E-state index contributed by atoms with van der Waals surface area (Å²) >= 11 is 3.22. The van der Waals surface area contributed by atoms with Gasteiger partial charge in [0.25, 0.3) is 5.91 Å². The summed E-state index contributed by atoms with van der Waals surface area (Å²) in [5.74, 6) is -1.94. The van der Waals surface area contributed by atoms with E-state index in [0.717, 1.165) is 0 Å². The van der Waals surface area contributed by atoms with Crippen molar-refractivity contribution in [3.63, 3.8) is 0 Å². The Labute approximate surface area is 114 Å². The summed E-state index contributed by atoms with van der Waals surface area (Å²) in [6.45, 7) is 3.71. The molecule has 1 heterocycles. The van der Waals surface area contributed by atoms with Crippen LogP contribution in [-0.4, -0.2) is 28.5 Å². The van der Waals surface area contributed by atoms with Gasteiger partial charge in [0.15, 0.2) is 0 Å². The van der Waals surface area contributed by atoms with Crippen molar-refractivity contribution in [3.05, 3.63) is 28.5 Å². The highest BCUT2D eigenvalue weighted by Gasteiger charge is 2.22. The molecule has 1 amide bonds. The lowest BCUT2D eigenvalue weighted by atomic mass is 9.96. The Morgan fingerprint density at radius 2 is 2.17 bits per heavy atom. The number of carboxylic acids is 1. The van der Waals surface area contributed by atoms with Crippen LogP contribution in [0.1, 0.15) is 24.3 Å². The van der Waals surface area contributed by atoms with Gasteiger partial charge in [-0.05, 0) is 34.0 Å². The number of nitrogens with zero attached hydrogens (tertiary/aromatic N) is 1. The molecule has 5 nitrogen and oxygen atoms in total. The zero-order valence-electron chi connectivity index (χ0n) is 10.2. The molecule has 0 saturated heterocycles. The molecule has 0 aliphatic heterocycles. The quantitative estimate of drug-likeness (QED) is 0.870. The van der Waals surface area contributed by atoms with Crippen LogP contribution in [0.4, 0.5) is 0 Å². The van der Waals surface area contributed by atoms with E-state index >= 15 is 0 Å². The molecule has 98 valence electrons. The smallest absolute Gasteiger partial charge is 0.308 e. The topological polar surface area (TPSA) is 79.3 Å². The first kappa shape index (κ1) is 14.6. The van der Waals surface area contributed by atoms with Gasteiger partial charge in [0.05, 0.1) is 5.92 Å². The average molecular weight is 315 g/mol. The maximum atomic E-state index is 11.8. The number of aromatic nitrogens is 1. The Morgan fingerprint density at radius 1 is 1.50 bits per heavy atom. The minimum Gasteiger partial charge on any atom is -0.481 e. The first-order chi connectivity index (χ1) is 8.43. The molecule has 1 rings (SSSR count). The number of pyridine rings is 1. The number of carboxylic acid groups (broad SMARTS) is 1. The largest absolute Gasteiger partial charge is 0.481 e. The number of amides is 1. The van der Waals surface area contributed by atoms with Crippen molar-refractivity contribution >= 4 is 27.8 Å². The molecule has 0 aliphatic rings. The minimum atomic E-state index is -0.912. The van der Waals surface area contributed by atoms with Gasteiger partial charge < -0.3 is 10.4 Å². The number of rotatable bonds is 5. The summed E-state index contributed by atoms with van der Waals surface area (Å²) < 4.78 is 0.582. The Kier molecular flexibility index (Phi) is 5.27. The first-order valence-electron chi connectivity index (χ1n) is 5.55. The second-order valence-electron chi connectivity index (χ2n) is 4.23. The molecule has 18 heavy (non-hydrogen) atoms. The molecule has 1 unspecified atom stereocenters. The van der Waals surface area contributed by atoms with Crippen LogP contribution in [0.2, 0.25) is 0 Å². The Balaban J connectivity index is 2.66. The highest BCUT2D eigenvalue weighted by molar-refractivity contribution is 9.10. The summed E-state index contributed by atoms with van der Waals surface area (Å²) in [5.41, 5.74) is 0.255. The van der Waals surface area contributed by atoms with Gasteiger partial charge in [-0.3, -0.25) is 9.59 Å². The zero-order valence-corrected chi connectivity index (χ0v) is 11.8. The predicted molar refractivity (Wildman–Crippen MR) is 70.2 cm³/mol. The lowest BCUT2D eigenvalue weighted by molar-refractivity contribution is -0.142. The average Bonchev–Trinajstić information content (AvgIpc) is 2.28. The maximum Gasteiger partial charge on any atom is 0.308 e. The second kappa shape index (κ2) is 6.49. The predicted octanol–water partition coefficient (Wildman–Crippen LogP) is 1.93. The van der Waals surface area contributed by atoms with Crippen LogP contribution in [0.25, 0.3) is 0 Å². The van der Waals surface area contributed by atoms with E-state index in [-0.39, 0.29) is 24.1 Å². The summed E-state index contributed by atoms with van der Waals surface area (Å²) in [5, 5.41) is 11.6. The van der Waals surface area contributed by atoms with E-state index in [9.17, 15) is 9.59 Å². The molecule has 2 N–H and O–H groups in total. The zero-order chi connectivity index (χ0) is 13.7. The van der Waals surface area contributed by atoms with Gasteiger partial charge in [-0.25, -0.2) is 4.98 Å². The summed E-state index contributed by atoms with van der Waals surface area (Å²) in [7, 11) is 0. The molecule has 0 saturated carbocycles. The molecular weight excluding hydrogens is 300 g/mol. The van der Waals surface area contributed by atoms with Crippen molar-refractivity contribution in [2.75, 3.05) is 6.54 Å². The lowest BCUT2D eigenvalue weighted by Crippen LogP contribution is -2.36. The van der Waals surface area contributed by atoms with Gasteiger partial charge in [0.2, 0.25) is 0 Å². The van der Waals surface area contributed by atoms with Crippen LogP contribution < -0.4 is 5.32 Å². The van der Waals surface area contributed by atoms with E-state index in [2.05, 4.69) is 26.2 Å². The molecule has 1 aromatic heterocycles. The van der Waals surface area contributed by atoms with Crippen LogP contribution in [0.3, 0.4) is 0 Å². The number of hydrogen-bond donors (Lipinski definition) is 2. The van der Waals surface area contributed by atoms with Crippen molar-refractivity contribution in [2.24, 2.45) is 11.8 Å². The highest BCUT2D eigenvalue weighted by Crippen LogP contribution is 2.14. The van der Waals surface area contributed by atoms with Gasteiger partial charge in [-0.15, -0.1) is 0 Å². The van der Waals surface area contributed by atoms with Gasteiger partial charge >= 0.3 is 5.97 Å². The van der Waals surface area contributed by atoms with Gasteiger partial charge in [0.1, 0.15) is 5.69 Å². The number of nitrogens with one attached hydrogen (secondary N) is 1. The summed E-state index contributed by atoms with van der Waals surface area (Å²) in [4.78, 5) is 26.7. The Morgan fingerprint density at radius 3 is 2.67 bits per heavy atom. The van der Waals surface area contributed by atoms with E-state index in [1.54, 1.807) is 12.1 Å². The number of halogens is 1. The molecule has 0 bridgehead atoms. The number of aliphatic carboxylic acids is 1. The van der Waals surface area contributed by atoms with E-state index in [1.807, 2.05) is 13.8 Å². The summed E-state index contributed by atoms with van der Waals surface area (Å²) in [6, 6.07) is 3.41. The monoisotopic (exact) mass is 314 g/mol. The van der Waals surface area contributed by atoms with Gasteiger partial charge in [-0.1, -0.05) is 13.8 Å². The normalized spacial score (nSPS) is 12.2. The number of carbonyl (C=O) groups excluding carboxylic acids is 1. The third-order valence-corrected chi connectivity index (χ3v) is 3.22. The summed E-state index contributed by atoms with van der Waals surface area (Å²) in [6.07, 6.45) is 1.51. The van der Waals surface area contributed by atoms with Crippen LogP contribution >= 0.6 is 15.9 Å². The van der Waals surface area contributed by atoms with E-state index in [0.29, 0.717) is 4.47 Å². The maximum absolute atomic E-state index is 11.8. The third-order valence-electron chi connectivity index (χ3n) is 2.58. The van der Waals surface area contributed by atoms with Gasteiger partial charge in [0, 0.05) is 17.2 Å². The molecule has 6 heteroatoms.